The zero-order chi connectivity index (χ0) is 17.1. The van der Waals surface area contributed by atoms with Crippen LogP contribution in [0.1, 0.15) is 12.0 Å². The monoisotopic (exact) mass is 353 g/mol. The molecule has 2 fully saturated rings. The van der Waals surface area contributed by atoms with E-state index in [9.17, 15) is 9.90 Å². The molecule has 1 aromatic rings. The summed E-state index contributed by atoms with van der Waals surface area (Å²) >= 11 is 6.09. The molecular weight excluding hydrogens is 330 g/mol. The molecule has 0 bridgehead atoms. The Labute approximate surface area is 147 Å². The van der Waals surface area contributed by atoms with Crippen LogP contribution in [0.15, 0.2) is 18.2 Å². The molecular formula is C17H24ClN3O3. The number of hydrogen-bond donors (Lipinski definition) is 2. The molecule has 0 aliphatic carbocycles. The van der Waals surface area contributed by atoms with E-state index in [1.54, 1.807) is 7.11 Å². The molecule has 0 radical (unpaired) electrons. The van der Waals surface area contributed by atoms with Crippen molar-refractivity contribution in [1.82, 2.24) is 15.1 Å². The molecule has 2 atom stereocenters. The highest BCUT2D eigenvalue weighted by Gasteiger charge is 2.32. The number of ether oxygens (including phenoxy) is 1. The van der Waals surface area contributed by atoms with E-state index < -0.39 is 6.10 Å². The third kappa shape index (κ3) is 4.00. The van der Waals surface area contributed by atoms with Gasteiger partial charge in [0.1, 0.15) is 5.75 Å². The third-order valence-corrected chi connectivity index (χ3v) is 4.96. The molecule has 0 aromatic heterocycles. The quantitative estimate of drug-likeness (QED) is 0.835. The van der Waals surface area contributed by atoms with Crippen molar-refractivity contribution in [2.45, 2.75) is 25.1 Å². The first kappa shape index (κ1) is 17.5. The SMILES string of the molecule is COc1ccc(Cl)cc1CN1CCN(C(=O)[C@H]2C[C@H](O)CN2)CC1. The molecule has 3 rings (SSSR count). The molecule has 0 spiro atoms. The number of β-amino-alcohol motifs (C(OH)–C–C–N with tert-alkyl or cyclic N) is 1. The van der Waals surface area contributed by atoms with Gasteiger partial charge in [0.2, 0.25) is 5.91 Å². The number of nitrogens with zero attached hydrogens (tertiary/aromatic N) is 2. The van der Waals surface area contributed by atoms with Crippen LogP contribution in [-0.2, 0) is 11.3 Å². The summed E-state index contributed by atoms with van der Waals surface area (Å²) in [6, 6.07) is 5.40. The number of benzene rings is 1. The predicted molar refractivity (Wildman–Crippen MR) is 92.3 cm³/mol. The van der Waals surface area contributed by atoms with Crippen LogP contribution < -0.4 is 10.1 Å². The minimum atomic E-state index is -0.407. The highest BCUT2D eigenvalue weighted by atomic mass is 35.5. The molecule has 7 heteroatoms. The topological polar surface area (TPSA) is 65.0 Å². The van der Waals surface area contributed by atoms with Crippen LogP contribution in [0.25, 0.3) is 0 Å². The van der Waals surface area contributed by atoms with E-state index in [2.05, 4.69) is 10.2 Å². The number of aliphatic hydroxyl groups is 1. The van der Waals surface area contributed by atoms with E-state index in [-0.39, 0.29) is 11.9 Å². The van der Waals surface area contributed by atoms with E-state index in [1.807, 2.05) is 23.1 Å². The lowest BCUT2D eigenvalue weighted by Gasteiger charge is -2.36. The number of halogens is 1. The molecule has 1 aromatic carbocycles. The van der Waals surface area contributed by atoms with Crippen LogP contribution in [0, 0.1) is 0 Å². The van der Waals surface area contributed by atoms with Crippen molar-refractivity contribution in [2.75, 3.05) is 39.8 Å². The first-order chi connectivity index (χ1) is 11.6. The number of carbonyl (C=O) groups is 1. The van der Waals surface area contributed by atoms with Gasteiger partial charge in [-0.05, 0) is 24.6 Å². The van der Waals surface area contributed by atoms with Crippen LogP contribution in [0.3, 0.4) is 0 Å². The summed E-state index contributed by atoms with van der Waals surface area (Å²) in [7, 11) is 1.66. The Balaban J connectivity index is 1.54. The zero-order valence-corrected chi connectivity index (χ0v) is 14.6. The first-order valence-electron chi connectivity index (χ1n) is 8.32. The fourth-order valence-electron chi connectivity index (χ4n) is 3.36. The highest BCUT2D eigenvalue weighted by Crippen LogP contribution is 2.24. The Morgan fingerprint density at radius 2 is 2.12 bits per heavy atom. The molecule has 24 heavy (non-hydrogen) atoms. The van der Waals surface area contributed by atoms with Crippen LogP contribution in [0.2, 0.25) is 5.02 Å². The van der Waals surface area contributed by atoms with Crippen molar-refractivity contribution in [3.05, 3.63) is 28.8 Å². The second-order valence-corrected chi connectivity index (χ2v) is 6.84. The molecule has 2 heterocycles. The number of nitrogens with one attached hydrogen (secondary N) is 1. The van der Waals surface area contributed by atoms with E-state index in [4.69, 9.17) is 16.3 Å². The molecule has 2 aliphatic rings. The van der Waals surface area contributed by atoms with Gasteiger partial charge in [0.15, 0.2) is 0 Å². The molecule has 1 amide bonds. The fraction of sp³-hybridized carbons (Fsp3) is 0.588. The fourth-order valence-corrected chi connectivity index (χ4v) is 3.56. The van der Waals surface area contributed by atoms with Crippen molar-refractivity contribution in [3.8, 4) is 5.75 Å². The number of amides is 1. The Kier molecular flexibility index (Phi) is 5.61. The summed E-state index contributed by atoms with van der Waals surface area (Å²) in [6.45, 7) is 4.30. The van der Waals surface area contributed by atoms with Gasteiger partial charge in [-0.1, -0.05) is 11.6 Å². The lowest BCUT2D eigenvalue weighted by molar-refractivity contribution is -0.135. The first-order valence-corrected chi connectivity index (χ1v) is 8.69. The van der Waals surface area contributed by atoms with Crippen LogP contribution in [0.5, 0.6) is 5.75 Å². The Morgan fingerprint density at radius 3 is 2.75 bits per heavy atom. The summed E-state index contributed by atoms with van der Waals surface area (Å²) in [4.78, 5) is 16.6. The number of hydrogen-bond acceptors (Lipinski definition) is 5. The van der Waals surface area contributed by atoms with Crippen molar-refractivity contribution in [1.29, 1.82) is 0 Å². The largest absolute Gasteiger partial charge is 0.496 e. The van der Waals surface area contributed by atoms with Crippen LogP contribution in [0.4, 0.5) is 0 Å². The molecule has 132 valence electrons. The Hall–Kier alpha value is -1.34. The summed E-state index contributed by atoms with van der Waals surface area (Å²) in [5.74, 6) is 0.939. The normalized spacial score (nSPS) is 25.0. The van der Waals surface area contributed by atoms with Gasteiger partial charge in [-0.15, -0.1) is 0 Å². The van der Waals surface area contributed by atoms with Crippen molar-refractivity contribution in [3.63, 3.8) is 0 Å². The number of rotatable bonds is 4. The second-order valence-electron chi connectivity index (χ2n) is 6.41. The molecule has 2 aliphatic heterocycles. The van der Waals surface area contributed by atoms with E-state index in [1.165, 1.54) is 0 Å². The van der Waals surface area contributed by atoms with E-state index in [0.29, 0.717) is 31.1 Å². The van der Waals surface area contributed by atoms with Crippen molar-refractivity contribution < 1.29 is 14.6 Å². The highest BCUT2D eigenvalue weighted by molar-refractivity contribution is 6.30. The lowest BCUT2D eigenvalue weighted by Crippen LogP contribution is -2.52. The number of carbonyl (C=O) groups excluding carboxylic acids is 1. The zero-order valence-electron chi connectivity index (χ0n) is 13.9. The second kappa shape index (κ2) is 7.70. The van der Waals surface area contributed by atoms with Crippen molar-refractivity contribution >= 4 is 17.5 Å². The Morgan fingerprint density at radius 1 is 1.38 bits per heavy atom. The minimum Gasteiger partial charge on any atom is -0.496 e. The average molecular weight is 354 g/mol. The van der Waals surface area contributed by atoms with Crippen LogP contribution >= 0.6 is 11.6 Å². The average Bonchev–Trinajstić information content (AvgIpc) is 3.02. The van der Waals surface area contributed by atoms with Crippen molar-refractivity contribution in [2.24, 2.45) is 0 Å². The number of aliphatic hydroxyl groups excluding tert-OH is 1. The molecule has 2 N–H and O–H groups in total. The maximum Gasteiger partial charge on any atom is 0.239 e. The summed E-state index contributed by atoms with van der Waals surface area (Å²) in [5.41, 5.74) is 1.06. The molecule has 6 nitrogen and oxygen atoms in total. The van der Waals surface area contributed by atoms with Gasteiger partial charge < -0.3 is 20.1 Å². The van der Waals surface area contributed by atoms with Gasteiger partial charge in [0.05, 0.1) is 19.3 Å². The smallest absolute Gasteiger partial charge is 0.239 e. The number of methoxy groups -OCH3 is 1. The predicted octanol–water partition coefficient (Wildman–Crippen LogP) is 0.716. The third-order valence-electron chi connectivity index (χ3n) is 4.73. The maximum atomic E-state index is 12.5. The maximum absolute atomic E-state index is 12.5. The standard InChI is InChI=1S/C17H24ClN3O3/c1-24-16-3-2-13(18)8-12(16)11-20-4-6-21(7-5-20)17(23)15-9-14(22)10-19-15/h2-3,8,14-15,19,22H,4-7,9-11H2,1H3/t14-,15+/m0/s1. The van der Waals surface area contributed by atoms with Gasteiger partial charge in [0, 0.05) is 49.9 Å². The summed E-state index contributed by atoms with van der Waals surface area (Å²) in [5, 5.41) is 13.3. The van der Waals surface area contributed by atoms with Gasteiger partial charge in [-0.3, -0.25) is 9.69 Å². The van der Waals surface area contributed by atoms with Gasteiger partial charge in [-0.2, -0.15) is 0 Å². The summed E-state index contributed by atoms with van der Waals surface area (Å²) < 4.78 is 5.40. The lowest BCUT2D eigenvalue weighted by atomic mass is 10.1. The molecule has 2 saturated heterocycles. The molecule has 0 saturated carbocycles. The van der Waals surface area contributed by atoms with Gasteiger partial charge in [0.25, 0.3) is 0 Å². The van der Waals surface area contributed by atoms with E-state index >= 15 is 0 Å². The van der Waals surface area contributed by atoms with Crippen LogP contribution in [-0.4, -0.2) is 72.8 Å². The van der Waals surface area contributed by atoms with Gasteiger partial charge in [-0.25, -0.2) is 0 Å². The summed E-state index contributed by atoms with van der Waals surface area (Å²) in [6.07, 6.45) is 0.106. The minimum absolute atomic E-state index is 0.103. The van der Waals surface area contributed by atoms with E-state index in [0.717, 1.165) is 30.9 Å². The van der Waals surface area contributed by atoms with Gasteiger partial charge >= 0.3 is 0 Å². The Bertz CT molecular complexity index is 590. The number of piperazine rings is 1. The molecule has 0 unspecified atom stereocenters.